The minimum absolute atomic E-state index is 0.00193. The van der Waals surface area contributed by atoms with Gasteiger partial charge in [-0.2, -0.15) is 0 Å². The highest BCUT2D eigenvalue weighted by atomic mass is 15.0. The van der Waals surface area contributed by atoms with Gasteiger partial charge >= 0.3 is 0 Å². The molecule has 2 heteroatoms. The maximum atomic E-state index is 6.59. The van der Waals surface area contributed by atoms with E-state index in [2.05, 4.69) is 104 Å². The predicted octanol–water partition coefficient (Wildman–Crippen LogP) is 5.88. The number of fused-ring (bicyclic) bond motifs is 2. The van der Waals surface area contributed by atoms with Crippen LogP contribution >= 0.6 is 0 Å². The fourth-order valence-electron chi connectivity index (χ4n) is 3.59. The number of benzene rings is 4. The first-order valence-electron chi connectivity index (χ1n) is 9.04. The topological polar surface area (TPSA) is 38.0 Å². The molecular weight excluding hydrogens is 316 g/mol. The second-order valence-electron chi connectivity index (χ2n) is 7.53. The molecule has 3 N–H and O–H groups in total. The molecule has 0 radical (unpaired) electrons. The average Bonchev–Trinajstić information content (AvgIpc) is 2.65. The Balaban J connectivity index is 1.80. The van der Waals surface area contributed by atoms with Crippen molar-refractivity contribution in [3.05, 3.63) is 90.5 Å². The summed E-state index contributed by atoms with van der Waals surface area (Å²) in [5.41, 5.74) is 8.48. The Morgan fingerprint density at radius 2 is 1.38 bits per heavy atom. The Labute approximate surface area is 154 Å². The van der Waals surface area contributed by atoms with Crippen molar-refractivity contribution in [1.29, 1.82) is 0 Å². The second-order valence-corrected chi connectivity index (χ2v) is 7.53. The zero-order valence-electron chi connectivity index (χ0n) is 15.2. The Hall–Kier alpha value is -2.84. The van der Waals surface area contributed by atoms with Crippen molar-refractivity contribution >= 4 is 27.2 Å². The van der Waals surface area contributed by atoms with Crippen molar-refractivity contribution in [2.75, 3.05) is 5.32 Å². The molecule has 0 aliphatic carbocycles. The highest BCUT2D eigenvalue weighted by Gasteiger charge is 2.27. The van der Waals surface area contributed by atoms with Gasteiger partial charge in [-0.3, -0.25) is 0 Å². The van der Waals surface area contributed by atoms with Gasteiger partial charge in [0, 0.05) is 16.6 Å². The standard InChI is InChI=1S/C24H24N2/c1-24(2,25)23(20-15-14-17-8-3-4-10-19(17)16-20)26-22-13-7-11-18-9-5-6-12-21(18)22/h3-16,23,26H,25H2,1-2H3. The number of hydrogen-bond donors (Lipinski definition) is 2. The average molecular weight is 340 g/mol. The Bertz CT molecular complexity index is 1050. The van der Waals surface area contributed by atoms with Gasteiger partial charge in [-0.15, -0.1) is 0 Å². The number of anilines is 1. The normalized spacial score (nSPS) is 13.0. The van der Waals surface area contributed by atoms with Crippen molar-refractivity contribution in [2.45, 2.75) is 25.4 Å². The molecule has 2 nitrogen and oxygen atoms in total. The van der Waals surface area contributed by atoms with E-state index in [0.717, 1.165) is 5.69 Å². The molecule has 0 aromatic heterocycles. The maximum Gasteiger partial charge on any atom is 0.0688 e. The van der Waals surface area contributed by atoms with Gasteiger partial charge in [0.15, 0.2) is 0 Å². The summed E-state index contributed by atoms with van der Waals surface area (Å²) in [6, 6.07) is 29.8. The molecule has 1 atom stereocenters. The summed E-state index contributed by atoms with van der Waals surface area (Å²) in [5, 5.41) is 8.64. The van der Waals surface area contributed by atoms with Crippen molar-refractivity contribution in [2.24, 2.45) is 5.73 Å². The van der Waals surface area contributed by atoms with E-state index in [-0.39, 0.29) is 6.04 Å². The first kappa shape index (κ1) is 16.6. The minimum atomic E-state index is -0.417. The zero-order chi connectivity index (χ0) is 18.1. The Morgan fingerprint density at radius 1 is 0.731 bits per heavy atom. The number of hydrogen-bond acceptors (Lipinski definition) is 2. The minimum Gasteiger partial charge on any atom is -0.376 e. The molecule has 0 saturated carbocycles. The van der Waals surface area contributed by atoms with Crippen LogP contribution in [0.25, 0.3) is 21.5 Å². The number of nitrogens with two attached hydrogens (primary N) is 1. The molecule has 130 valence electrons. The van der Waals surface area contributed by atoms with Gasteiger partial charge in [-0.05, 0) is 47.7 Å². The van der Waals surface area contributed by atoms with Crippen LogP contribution in [0.1, 0.15) is 25.5 Å². The van der Waals surface area contributed by atoms with E-state index in [1.54, 1.807) is 0 Å². The molecule has 0 heterocycles. The Kier molecular flexibility index (Phi) is 4.14. The van der Waals surface area contributed by atoms with Crippen LogP contribution in [0.15, 0.2) is 84.9 Å². The van der Waals surface area contributed by atoms with E-state index >= 15 is 0 Å². The first-order valence-corrected chi connectivity index (χ1v) is 9.04. The summed E-state index contributed by atoms with van der Waals surface area (Å²) in [4.78, 5) is 0. The van der Waals surface area contributed by atoms with Gasteiger partial charge < -0.3 is 11.1 Å². The molecule has 26 heavy (non-hydrogen) atoms. The quantitative estimate of drug-likeness (QED) is 0.486. The van der Waals surface area contributed by atoms with Crippen molar-refractivity contribution in [3.63, 3.8) is 0 Å². The van der Waals surface area contributed by atoms with Crippen LogP contribution in [-0.2, 0) is 0 Å². The van der Waals surface area contributed by atoms with E-state index < -0.39 is 5.54 Å². The van der Waals surface area contributed by atoms with Gasteiger partial charge in [0.05, 0.1) is 6.04 Å². The SMILES string of the molecule is CC(C)(N)C(Nc1cccc2ccccc12)c1ccc2ccccc2c1. The highest BCUT2D eigenvalue weighted by Crippen LogP contribution is 2.33. The van der Waals surface area contributed by atoms with E-state index in [1.165, 1.54) is 27.1 Å². The van der Waals surface area contributed by atoms with E-state index in [9.17, 15) is 0 Å². The lowest BCUT2D eigenvalue weighted by atomic mass is 9.88. The van der Waals surface area contributed by atoms with Gasteiger partial charge in [-0.25, -0.2) is 0 Å². The molecule has 0 aliphatic rings. The van der Waals surface area contributed by atoms with Crippen LogP contribution in [0, 0.1) is 0 Å². The summed E-state index contributed by atoms with van der Waals surface area (Å²) < 4.78 is 0. The van der Waals surface area contributed by atoms with Gasteiger partial charge in [0.25, 0.3) is 0 Å². The van der Waals surface area contributed by atoms with E-state index in [4.69, 9.17) is 5.73 Å². The Morgan fingerprint density at radius 3 is 2.15 bits per heavy atom. The molecule has 0 bridgehead atoms. The third-order valence-corrected chi connectivity index (χ3v) is 4.94. The third kappa shape index (κ3) is 3.16. The lowest BCUT2D eigenvalue weighted by molar-refractivity contribution is 0.445. The van der Waals surface area contributed by atoms with Crippen LogP contribution < -0.4 is 11.1 Å². The summed E-state index contributed by atoms with van der Waals surface area (Å²) in [7, 11) is 0. The smallest absolute Gasteiger partial charge is 0.0688 e. The molecule has 4 aromatic rings. The van der Waals surface area contributed by atoms with Crippen LogP contribution in [0.3, 0.4) is 0 Å². The van der Waals surface area contributed by atoms with Crippen LogP contribution in [0.2, 0.25) is 0 Å². The molecule has 0 amide bonds. The zero-order valence-corrected chi connectivity index (χ0v) is 15.2. The molecule has 4 rings (SSSR count). The fourth-order valence-corrected chi connectivity index (χ4v) is 3.59. The van der Waals surface area contributed by atoms with E-state index in [0.29, 0.717) is 0 Å². The van der Waals surface area contributed by atoms with E-state index in [1.807, 2.05) is 0 Å². The van der Waals surface area contributed by atoms with Crippen molar-refractivity contribution < 1.29 is 0 Å². The van der Waals surface area contributed by atoms with Crippen LogP contribution in [0.5, 0.6) is 0 Å². The molecule has 4 aromatic carbocycles. The fraction of sp³-hybridized carbons (Fsp3) is 0.167. The number of nitrogens with one attached hydrogen (secondary N) is 1. The predicted molar refractivity (Wildman–Crippen MR) is 113 cm³/mol. The summed E-state index contributed by atoms with van der Waals surface area (Å²) in [6.45, 7) is 4.15. The van der Waals surface area contributed by atoms with Gasteiger partial charge in [0.1, 0.15) is 0 Å². The molecule has 0 saturated heterocycles. The molecule has 1 unspecified atom stereocenters. The van der Waals surface area contributed by atoms with Gasteiger partial charge in [-0.1, -0.05) is 72.8 Å². The van der Waals surface area contributed by atoms with Crippen LogP contribution in [-0.4, -0.2) is 5.54 Å². The van der Waals surface area contributed by atoms with Crippen LogP contribution in [0.4, 0.5) is 5.69 Å². The second kappa shape index (κ2) is 6.47. The maximum absolute atomic E-state index is 6.59. The molecular formula is C24H24N2. The summed E-state index contributed by atoms with van der Waals surface area (Å²) >= 11 is 0. The third-order valence-electron chi connectivity index (χ3n) is 4.94. The first-order chi connectivity index (χ1) is 12.5. The number of rotatable bonds is 4. The lowest BCUT2D eigenvalue weighted by Crippen LogP contribution is -2.43. The largest absolute Gasteiger partial charge is 0.376 e. The van der Waals surface area contributed by atoms with Crippen molar-refractivity contribution in [1.82, 2.24) is 0 Å². The highest BCUT2D eigenvalue weighted by molar-refractivity contribution is 5.94. The molecule has 0 spiro atoms. The van der Waals surface area contributed by atoms with Gasteiger partial charge in [0.2, 0.25) is 0 Å². The summed E-state index contributed by atoms with van der Waals surface area (Å²) in [6.07, 6.45) is 0. The molecule has 0 fully saturated rings. The summed E-state index contributed by atoms with van der Waals surface area (Å²) in [5.74, 6) is 0. The molecule has 0 aliphatic heterocycles. The van der Waals surface area contributed by atoms with Crippen molar-refractivity contribution in [3.8, 4) is 0 Å². The lowest BCUT2D eigenvalue weighted by Gasteiger charge is -2.33. The monoisotopic (exact) mass is 340 g/mol.